The van der Waals surface area contributed by atoms with Gasteiger partial charge in [-0.05, 0) is 30.5 Å². The molecule has 2 amide bonds. The van der Waals surface area contributed by atoms with Gasteiger partial charge < -0.3 is 14.7 Å². The number of thioether (sulfide) groups is 1. The van der Waals surface area contributed by atoms with Crippen LogP contribution in [-0.4, -0.2) is 51.7 Å². The molecule has 0 saturated heterocycles. The zero-order valence-corrected chi connectivity index (χ0v) is 17.0. The van der Waals surface area contributed by atoms with E-state index in [0.717, 1.165) is 16.1 Å². The average Bonchev–Trinajstić information content (AvgIpc) is 3.22. The Morgan fingerprint density at radius 2 is 2.03 bits per heavy atom. The number of pyridine rings is 1. The number of benzene rings is 1. The largest absolute Gasteiger partial charge is 0.339 e. The molecule has 1 N–H and O–H groups in total. The molecule has 2 aromatic heterocycles. The molecular weight excluding hydrogens is 390 g/mol. The van der Waals surface area contributed by atoms with Crippen molar-refractivity contribution in [2.45, 2.75) is 17.7 Å². The highest BCUT2D eigenvalue weighted by molar-refractivity contribution is 7.98. The standard InChI is InChI=1S/C20H21N5O3S/c1-25(13-17(26)22-15-7-3-4-8-16(15)29-2)19(27)10-9-18-23-20(24-28-18)14-6-5-11-21-12-14/h3-8,11-12H,9-10,13H2,1-2H3,(H,22,26). The Bertz CT molecular complexity index is 977. The number of para-hydroxylation sites is 1. The number of anilines is 1. The number of aryl methyl sites for hydroxylation is 1. The van der Waals surface area contributed by atoms with Crippen LogP contribution in [-0.2, 0) is 16.0 Å². The van der Waals surface area contributed by atoms with E-state index in [1.165, 1.54) is 4.90 Å². The number of carbonyl (C=O) groups excluding carboxylic acids is 2. The molecule has 150 valence electrons. The first-order valence-electron chi connectivity index (χ1n) is 8.96. The Labute approximate surface area is 172 Å². The van der Waals surface area contributed by atoms with Crippen LogP contribution in [0.25, 0.3) is 11.4 Å². The minimum Gasteiger partial charge on any atom is -0.339 e. The first kappa shape index (κ1) is 20.5. The summed E-state index contributed by atoms with van der Waals surface area (Å²) in [6, 6.07) is 11.1. The van der Waals surface area contributed by atoms with E-state index >= 15 is 0 Å². The van der Waals surface area contributed by atoms with Crippen molar-refractivity contribution in [3.63, 3.8) is 0 Å². The van der Waals surface area contributed by atoms with Crippen LogP contribution in [0, 0.1) is 0 Å². The first-order valence-corrected chi connectivity index (χ1v) is 10.2. The Morgan fingerprint density at radius 3 is 2.79 bits per heavy atom. The number of carbonyl (C=O) groups is 2. The van der Waals surface area contributed by atoms with Crippen molar-refractivity contribution in [1.82, 2.24) is 20.0 Å². The molecule has 0 aliphatic rings. The van der Waals surface area contributed by atoms with E-state index in [0.29, 0.717) is 18.1 Å². The molecule has 0 unspecified atom stereocenters. The summed E-state index contributed by atoms with van der Waals surface area (Å²) < 4.78 is 5.19. The lowest BCUT2D eigenvalue weighted by Gasteiger charge is -2.17. The van der Waals surface area contributed by atoms with Gasteiger partial charge in [0, 0.05) is 42.7 Å². The molecular formula is C20H21N5O3S. The lowest BCUT2D eigenvalue weighted by molar-refractivity contribution is -0.133. The van der Waals surface area contributed by atoms with Crippen LogP contribution >= 0.6 is 11.8 Å². The van der Waals surface area contributed by atoms with Crippen molar-refractivity contribution >= 4 is 29.3 Å². The van der Waals surface area contributed by atoms with Crippen molar-refractivity contribution in [2.24, 2.45) is 0 Å². The number of rotatable bonds is 8. The smallest absolute Gasteiger partial charge is 0.244 e. The van der Waals surface area contributed by atoms with Crippen molar-refractivity contribution in [3.05, 3.63) is 54.7 Å². The highest BCUT2D eigenvalue weighted by Crippen LogP contribution is 2.24. The maximum atomic E-state index is 12.3. The number of hydrogen-bond donors (Lipinski definition) is 1. The van der Waals surface area contributed by atoms with Gasteiger partial charge in [-0.25, -0.2) is 0 Å². The fourth-order valence-electron chi connectivity index (χ4n) is 2.61. The summed E-state index contributed by atoms with van der Waals surface area (Å²) in [5.74, 6) is 0.364. The minimum absolute atomic E-state index is 0.0354. The molecule has 1 aromatic carbocycles. The second-order valence-corrected chi connectivity index (χ2v) is 7.10. The molecule has 0 aliphatic heterocycles. The molecule has 0 fully saturated rings. The van der Waals surface area contributed by atoms with Gasteiger partial charge >= 0.3 is 0 Å². The van der Waals surface area contributed by atoms with Crippen LogP contribution in [0.5, 0.6) is 0 Å². The van der Waals surface area contributed by atoms with Crippen LogP contribution in [0.4, 0.5) is 5.69 Å². The maximum absolute atomic E-state index is 12.3. The Balaban J connectivity index is 1.49. The summed E-state index contributed by atoms with van der Waals surface area (Å²) in [6.07, 6.45) is 5.71. The summed E-state index contributed by atoms with van der Waals surface area (Å²) in [4.78, 5) is 35.3. The first-order chi connectivity index (χ1) is 14.1. The molecule has 3 aromatic rings. The molecule has 0 spiro atoms. The minimum atomic E-state index is -0.251. The van der Waals surface area contributed by atoms with E-state index in [-0.39, 0.29) is 24.8 Å². The van der Waals surface area contributed by atoms with E-state index < -0.39 is 0 Å². The molecule has 29 heavy (non-hydrogen) atoms. The maximum Gasteiger partial charge on any atom is 0.244 e. The molecule has 0 saturated carbocycles. The number of aromatic nitrogens is 3. The zero-order valence-electron chi connectivity index (χ0n) is 16.2. The third kappa shape index (κ3) is 5.64. The second-order valence-electron chi connectivity index (χ2n) is 6.25. The normalized spacial score (nSPS) is 10.6. The van der Waals surface area contributed by atoms with Gasteiger partial charge in [-0.3, -0.25) is 14.6 Å². The van der Waals surface area contributed by atoms with E-state index in [4.69, 9.17) is 4.52 Å². The number of nitrogens with zero attached hydrogens (tertiary/aromatic N) is 4. The summed E-state index contributed by atoms with van der Waals surface area (Å²) in [5, 5.41) is 6.75. The predicted octanol–water partition coefficient (Wildman–Crippen LogP) is 2.88. The van der Waals surface area contributed by atoms with Crippen molar-refractivity contribution < 1.29 is 14.1 Å². The van der Waals surface area contributed by atoms with Crippen LogP contribution in [0.15, 0.2) is 58.2 Å². The van der Waals surface area contributed by atoms with Gasteiger partial charge in [-0.2, -0.15) is 4.98 Å². The molecule has 9 heteroatoms. The van der Waals surface area contributed by atoms with E-state index in [2.05, 4.69) is 20.4 Å². The van der Waals surface area contributed by atoms with Crippen molar-refractivity contribution in [2.75, 3.05) is 25.2 Å². The van der Waals surface area contributed by atoms with Crippen LogP contribution < -0.4 is 5.32 Å². The number of nitrogens with one attached hydrogen (secondary N) is 1. The second kappa shape index (κ2) is 9.83. The Kier molecular flexibility index (Phi) is 6.96. The highest BCUT2D eigenvalue weighted by atomic mass is 32.2. The lowest BCUT2D eigenvalue weighted by Crippen LogP contribution is -2.35. The zero-order chi connectivity index (χ0) is 20.6. The molecule has 8 nitrogen and oxygen atoms in total. The highest BCUT2D eigenvalue weighted by Gasteiger charge is 2.16. The van der Waals surface area contributed by atoms with E-state index in [1.54, 1.807) is 37.3 Å². The van der Waals surface area contributed by atoms with E-state index in [9.17, 15) is 9.59 Å². The summed E-state index contributed by atoms with van der Waals surface area (Å²) in [7, 11) is 1.59. The summed E-state index contributed by atoms with van der Waals surface area (Å²) >= 11 is 1.55. The topological polar surface area (TPSA) is 101 Å². The SMILES string of the molecule is CSc1ccccc1NC(=O)CN(C)C(=O)CCc1nc(-c2cccnc2)no1. The van der Waals surface area contributed by atoms with Crippen molar-refractivity contribution in [1.29, 1.82) is 0 Å². The molecule has 0 aliphatic carbocycles. The average molecular weight is 411 g/mol. The lowest BCUT2D eigenvalue weighted by atomic mass is 10.2. The quantitative estimate of drug-likeness (QED) is 0.569. The van der Waals surface area contributed by atoms with Gasteiger partial charge in [-0.1, -0.05) is 17.3 Å². The monoisotopic (exact) mass is 411 g/mol. The molecule has 3 rings (SSSR count). The third-order valence-electron chi connectivity index (χ3n) is 4.13. The van der Waals surface area contributed by atoms with Crippen LogP contribution in [0.3, 0.4) is 0 Å². The van der Waals surface area contributed by atoms with Gasteiger partial charge in [0.05, 0.1) is 12.2 Å². The van der Waals surface area contributed by atoms with E-state index in [1.807, 2.05) is 36.6 Å². The summed E-state index contributed by atoms with van der Waals surface area (Å²) in [6.45, 7) is -0.0354. The number of hydrogen-bond acceptors (Lipinski definition) is 7. The van der Waals surface area contributed by atoms with Crippen LogP contribution in [0.2, 0.25) is 0 Å². The predicted molar refractivity (Wildman–Crippen MR) is 110 cm³/mol. The molecule has 0 radical (unpaired) electrons. The number of amides is 2. The molecule has 2 heterocycles. The van der Waals surface area contributed by atoms with Crippen molar-refractivity contribution in [3.8, 4) is 11.4 Å². The van der Waals surface area contributed by atoms with Gasteiger partial charge in [0.2, 0.25) is 23.5 Å². The molecule has 0 atom stereocenters. The fraction of sp³-hybridized carbons (Fsp3) is 0.250. The molecule has 0 bridgehead atoms. The van der Waals surface area contributed by atoms with Gasteiger partial charge in [-0.15, -0.1) is 11.8 Å². The van der Waals surface area contributed by atoms with Gasteiger partial charge in [0.25, 0.3) is 0 Å². The van der Waals surface area contributed by atoms with Gasteiger partial charge in [0.1, 0.15) is 0 Å². The van der Waals surface area contributed by atoms with Gasteiger partial charge in [0.15, 0.2) is 0 Å². The number of likely N-dealkylation sites (N-methyl/N-ethyl adjacent to an activating group) is 1. The summed E-state index contributed by atoms with van der Waals surface area (Å²) in [5.41, 5.74) is 1.48. The Morgan fingerprint density at radius 1 is 1.21 bits per heavy atom. The third-order valence-corrected chi connectivity index (χ3v) is 4.92. The van der Waals surface area contributed by atoms with Crippen LogP contribution in [0.1, 0.15) is 12.3 Å². The Hall–Kier alpha value is -3.20. The fourth-order valence-corrected chi connectivity index (χ4v) is 3.17.